The fraction of sp³-hybridized carbons (Fsp3) is 0.625. The van der Waals surface area contributed by atoms with Crippen molar-refractivity contribution in [3.8, 4) is 0 Å². The molecule has 5 rings (SSSR count). The number of rotatable bonds is 3. The first-order valence-electron chi connectivity index (χ1n) is 8.21. The van der Waals surface area contributed by atoms with E-state index in [0.29, 0.717) is 11.2 Å². The predicted octanol–water partition coefficient (Wildman–Crippen LogP) is 3.83. The van der Waals surface area contributed by atoms with Gasteiger partial charge in [-0.1, -0.05) is 11.6 Å². The molecule has 1 saturated carbocycles. The number of halogens is 2. The summed E-state index contributed by atoms with van der Waals surface area (Å²) in [6, 6.07) is 1.44. The minimum absolute atomic E-state index is 0.569. The van der Waals surface area contributed by atoms with Crippen LogP contribution >= 0.6 is 46.0 Å². The Morgan fingerprint density at radius 3 is 2.87 bits per heavy atom. The molecule has 0 N–H and O–H groups in total. The molecule has 2 aromatic heterocycles. The minimum Gasteiger partial charge on any atom is -0.328 e. The van der Waals surface area contributed by atoms with Crippen molar-refractivity contribution in [3.05, 3.63) is 21.2 Å². The summed E-state index contributed by atoms with van der Waals surface area (Å²) >= 11 is 10.8. The van der Waals surface area contributed by atoms with Crippen LogP contribution in [0.15, 0.2) is 12.5 Å². The molecular formula is C16H18ClIN4S. The zero-order valence-electron chi connectivity index (χ0n) is 12.7. The second-order valence-corrected chi connectivity index (χ2v) is 9.89. The van der Waals surface area contributed by atoms with Crippen molar-refractivity contribution in [2.75, 3.05) is 18.8 Å². The summed E-state index contributed by atoms with van der Waals surface area (Å²) in [6.07, 6.45) is 7.73. The Bertz CT molecular complexity index is 760. The van der Waals surface area contributed by atoms with Crippen LogP contribution in [0.2, 0.25) is 5.15 Å². The SMILES string of the molecule is Clc1ncnc2c1c(I)cn2C1CC(CN2C[C@@H]3C[C@H]2CS3)C1. The fourth-order valence-electron chi connectivity index (χ4n) is 4.39. The van der Waals surface area contributed by atoms with Gasteiger partial charge in [-0.2, -0.15) is 11.8 Å². The van der Waals surface area contributed by atoms with Gasteiger partial charge in [-0.25, -0.2) is 9.97 Å². The quantitative estimate of drug-likeness (QED) is 0.515. The average Bonchev–Trinajstić information content (AvgIpc) is 3.17. The summed E-state index contributed by atoms with van der Waals surface area (Å²) in [4.78, 5) is 11.3. The van der Waals surface area contributed by atoms with Crippen LogP contribution in [0, 0.1) is 9.49 Å². The van der Waals surface area contributed by atoms with Crippen molar-refractivity contribution in [2.45, 2.75) is 36.6 Å². The third-order valence-electron chi connectivity index (χ3n) is 5.63. The molecule has 0 spiro atoms. The lowest BCUT2D eigenvalue weighted by atomic mass is 9.79. The van der Waals surface area contributed by atoms with E-state index < -0.39 is 0 Å². The fourth-order valence-corrected chi connectivity index (χ4v) is 7.08. The molecule has 2 atom stereocenters. The molecular weight excluding hydrogens is 443 g/mol. The summed E-state index contributed by atoms with van der Waals surface area (Å²) in [5.74, 6) is 2.20. The van der Waals surface area contributed by atoms with Gasteiger partial charge in [-0.3, -0.25) is 4.90 Å². The third kappa shape index (κ3) is 2.51. The molecule has 0 radical (unpaired) electrons. The Hall–Kier alpha value is -0.0500. The third-order valence-corrected chi connectivity index (χ3v) is 8.12. The lowest BCUT2D eigenvalue weighted by Gasteiger charge is -2.40. The van der Waals surface area contributed by atoms with E-state index in [1.54, 1.807) is 6.33 Å². The number of nitrogens with zero attached hydrogens (tertiary/aromatic N) is 4. The molecule has 2 saturated heterocycles. The van der Waals surface area contributed by atoms with Gasteiger partial charge in [0, 0.05) is 45.9 Å². The molecule has 0 aromatic carbocycles. The van der Waals surface area contributed by atoms with Crippen molar-refractivity contribution >= 4 is 57.0 Å². The highest BCUT2D eigenvalue weighted by molar-refractivity contribution is 14.1. The molecule has 7 heteroatoms. The van der Waals surface area contributed by atoms with Crippen LogP contribution in [0.4, 0.5) is 0 Å². The van der Waals surface area contributed by atoms with Gasteiger partial charge in [0.25, 0.3) is 0 Å². The number of fused-ring (bicyclic) bond motifs is 3. The van der Waals surface area contributed by atoms with Crippen molar-refractivity contribution in [1.29, 1.82) is 0 Å². The Labute approximate surface area is 158 Å². The van der Waals surface area contributed by atoms with Crippen LogP contribution in [0.5, 0.6) is 0 Å². The second-order valence-electron chi connectivity index (χ2n) is 7.04. The largest absolute Gasteiger partial charge is 0.328 e. The van der Waals surface area contributed by atoms with Crippen molar-refractivity contribution in [3.63, 3.8) is 0 Å². The van der Waals surface area contributed by atoms with Gasteiger partial charge in [0.05, 0.1) is 5.39 Å². The van der Waals surface area contributed by atoms with Crippen LogP contribution in [0.1, 0.15) is 25.3 Å². The van der Waals surface area contributed by atoms with E-state index in [1.165, 1.54) is 38.1 Å². The highest BCUT2D eigenvalue weighted by atomic mass is 127. The number of likely N-dealkylation sites (tertiary alicyclic amines) is 1. The van der Waals surface area contributed by atoms with E-state index in [0.717, 1.165) is 31.8 Å². The summed E-state index contributed by atoms with van der Waals surface area (Å²) in [5, 5.41) is 2.50. The maximum atomic E-state index is 6.24. The highest BCUT2D eigenvalue weighted by Crippen LogP contribution is 2.44. The van der Waals surface area contributed by atoms with Gasteiger partial charge in [-0.05, 0) is 47.8 Å². The topological polar surface area (TPSA) is 34.0 Å². The summed E-state index contributed by atoms with van der Waals surface area (Å²) in [5.41, 5.74) is 0.995. The summed E-state index contributed by atoms with van der Waals surface area (Å²) in [6.45, 7) is 2.62. The van der Waals surface area contributed by atoms with Crippen molar-refractivity contribution in [2.24, 2.45) is 5.92 Å². The highest BCUT2D eigenvalue weighted by Gasteiger charge is 2.41. The first kappa shape index (κ1) is 15.2. The van der Waals surface area contributed by atoms with E-state index >= 15 is 0 Å². The molecule has 4 heterocycles. The van der Waals surface area contributed by atoms with E-state index in [1.807, 2.05) is 0 Å². The Kier molecular flexibility index (Phi) is 3.80. The Balaban J connectivity index is 1.29. The molecule has 3 aliphatic rings. The number of thioether (sulfide) groups is 1. The lowest BCUT2D eigenvalue weighted by molar-refractivity contribution is 0.127. The van der Waals surface area contributed by atoms with Gasteiger partial charge < -0.3 is 4.57 Å². The summed E-state index contributed by atoms with van der Waals surface area (Å²) in [7, 11) is 0. The average molecular weight is 461 g/mol. The molecule has 1 aliphatic carbocycles. The number of aromatic nitrogens is 3. The van der Waals surface area contributed by atoms with Gasteiger partial charge in [0.1, 0.15) is 17.1 Å². The van der Waals surface area contributed by atoms with E-state index in [4.69, 9.17) is 11.6 Å². The lowest BCUT2D eigenvalue weighted by Crippen LogP contribution is -2.41. The molecule has 2 bridgehead atoms. The van der Waals surface area contributed by atoms with Gasteiger partial charge in [0.2, 0.25) is 0 Å². The van der Waals surface area contributed by atoms with Gasteiger partial charge >= 0.3 is 0 Å². The van der Waals surface area contributed by atoms with Crippen LogP contribution in [-0.4, -0.2) is 49.6 Å². The minimum atomic E-state index is 0.569. The molecule has 4 nitrogen and oxygen atoms in total. The van der Waals surface area contributed by atoms with Crippen LogP contribution in [0.3, 0.4) is 0 Å². The molecule has 0 amide bonds. The standard InChI is InChI=1S/C16H18ClIN4S/c17-15-14-13(18)6-22(16(14)20-8-19-15)10-1-9(2-10)4-21-5-12-3-11(21)7-23-12/h6,8-12H,1-5,7H2/t9?,10?,11-,12-/m0/s1. The van der Waals surface area contributed by atoms with Gasteiger partial charge in [-0.15, -0.1) is 0 Å². The molecule has 2 aliphatic heterocycles. The van der Waals surface area contributed by atoms with E-state index in [9.17, 15) is 0 Å². The van der Waals surface area contributed by atoms with Crippen molar-refractivity contribution < 1.29 is 0 Å². The normalized spacial score (nSPS) is 33.5. The van der Waals surface area contributed by atoms with Crippen LogP contribution in [0.25, 0.3) is 11.0 Å². The first-order chi connectivity index (χ1) is 11.2. The molecule has 122 valence electrons. The van der Waals surface area contributed by atoms with E-state index in [-0.39, 0.29) is 0 Å². The Morgan fingerprint density at radius 1 is 1.26 bits per heavy atom. The van der Waals surface area contributed by atoms with Crippen LogP contribution in [-0.2, 0) is 0 Å². The van der Waals surface area contributed by atoms with E-state index in [2.05, 4.69) is 60.0 Å². The maximum Gasteiger partial charge on any atom is 0.146 e. The Morgan fingerprint density at radius 2 is 2.13 bits per heavy atom. The van der Waals surface area contributed by atoms with Gasteiger partial charge in [0.15, 0.2) is 0 Å². The molecule has 23 heavy (non-hydrogen) atoms. The monoisotopic (exact) mass is 460 g/mol. The zero-order chi connectivity index (χ0) is 15.6. The number of hydrogen-bond acceptors (Lipinski definition) is 4. The van der Waals surface area contributed by atoms with Crippen molar-refractivity contribution in [1.82, 2.24) is 19.4 Å². The maximum absolute atomic E-state index is 6.24. The number of hydrogen-bond donors (Lipinski definition) is 0. The molecule has 3 fully saturated rings. The zero-order valence-corrected chi connectivity index (χ0v) is 16.4. The molecule has 2 aromatic rings. The second kappa shape index (κ2) is 5.75. The first-order valence-corrected chi connectivity index (χ1v) is 10.7. The van der Waals surface area contributed by atoms with Crippen LogP contribution < -0.4 is 0 Å². The summed E-state index contributed by atoms with van der Waals surface area (Å²) < 4.78 is 3.48. The smallest absolute Gasteiger partial charge is 0.146 e. The predicted molar refractivity (Wildman–Crippen MR) is 103 cm³/mol. The molecule has 0 unspecified atom stereocenters.